The first-order valence-corrected chi connectivity index (χ1v) is 7.93. The van der Waals surface area contributed by atoms with Gasteiger partial charge in [0.25, 0.3) is 0 Å². The Hall–Kier alpha value is -2.70. The van der Waals surface area contributed by atoms with Crippen molar-refractivity contribution in [3.8, 4) is 5.69 Å². The van der Waals surface area contributed by atoms with E-state index in [1.54, 1.807) is 34.9 Å². The second-order valence-electron chi connectivity index (χ2n) is 6.23. The summed E-state index contributed by atoms with van der Waals surface area (Å²) in [6, 6.07) is 7.80. The summed E-state index contributed by atoms with van der Waals surface area (Å²) >= 11 is 0. The Kier molecular flexibility index (Phi) is 4.33. The molecule has 1 saturated heterocycles. The van der Waals surface area contributed by atoms with Crippen LogP contribution in [0.15, 0.2) is 36.9 Å². The van der Waals surface area contributed by atoms with Gasteiger partial charge in [-0.3, -0.25) is 9.59 Å². The summed E-state index contributed by atoms with van der Waals surface area (Å²) in [5.41, 5.74) is 1.95. The zero-order chi connectivity index (χ0) is 17.3. The normalized spacial score (nSPS) is 18.7. The fourth-order valence-electron chi connectivity index (χ4n) is 2.98. The molecule has 1 fully saturated rings. The van der Waals surface area contributed by atoms with Crippen molar-refractivity contribution in [1.82, 2.24) is 24.6 Å². The highest BCUT2D eigenvalue weighted by atomic mass is 16.2. The molecule has 1 aromatic heterocycles. The third-order valence-electron chi connectivity index (χ3n) is 4.68. The van der Waals surface area contributed by atoms with E-state index in [1.165, 1.54) is 6.33 Å². The average molecular weight is 327 g/mol. The minimum Gasteiger partial charge on any atom is -0.345 e. The highest BCUT2D eigenvalue weighted by molar-refractivity contribution is 5.89. The van der Waals surface area contributed by atoms with Crippen molar-refractivity contribution < 1.29 is 9.59 Å². The second-order valence-corrected chi connectivity index (χ2v) is 6.23. The van der Waals surface area contributed by atoms with Gasteiger partial charge in [-0.25, -0.2) is 9.67 Å². The maximum atomic E-state index is 12.6. The molecule has 2 amide bonds. The lowest BCUT2D eigenvalue weighted by Gasteiger charge is -2.27. The zero-order valence-corrected chi connectivity index (χ0v) is 14.1. The van der Waals surface area contributed by atoms with E-state index in [4.69, 9.17) is 0 Å². The van der Waals surface area contributed by atoms with Gasteiger partial charge < -0.3 is 9.80 Å². The Morgan fingerprint density at radius 1 is 1.33 bits per heavy atom. The maximum absolute atomic E-state index is 12.6. The largest absolute Gasteiger partial charge is 0.345 e. The summed E-state index contributed by atoms with van der Waals surface area (Å²) in [5, 5.41) is 4.10. The molecule has 2 unspecified atom stereocenters. The van der Waals surface area contributed by atoms with Gasteiger partial charge in [-0.1, -0.05) is 12.1 Å². The van der Waals surface area contributed by atoms with Crippen LogP contribution in [0.5, 0.6) is 0 Å². The van der Waals surface area contributed by atoms with E-state index >= 15 is 0 Å². The van der Waals surface area contributed by atoms with Gasteiger partial charge in [0.05, 0.1) is 17.6 Å². The van der Waals surface area contributed by atoms with Gasteiger partial charge in [-0.15, -0.1) is 0 Å². The Morgan fingerprint density at radius 3 is 2.58 bits per heavy atom. The van der Waals surface area contributed by atoms with Crippen molar-refractivity contribution in [2.45, 2.75) is 19.4 Å². The fraction of sp³-hybridized carbons (Fsp3) is 0.412. The average Bonchev–Trinajstić information content (AvgIpc) is 3.24. The van der Waals surface area contributed by atoms with Crippen LogP contribution < -0.4 is 0 Å². The van der Waals surface area contributed by atoms with Crippen LogP contribution in [0, 0.1) is 5.92 Å². The van der Waals surface area contributed by atoms with E-state index in [0.29, 0.717) is 13.0 Å². The highest BCUT2D eigenvalue weighted by Gasteiger charge is 2.35. The minimum absolute atomic E-state index is 0.0144. The Labute approximate surface area is 140 Å². The van der Waals surface area contributed by atoms with E-state index in [2.05, 4.69) is 10.1 Å². The first kappa shape index (κ1) is 16.2. The SMILES string of the molecule is CC(c1ccc(-n2cncn2)cc1)N(C)C(=O)C1CC(=O)N(C)C1. The summed E-state index contributed by atoms with van der Waals surface area (Å²) in [7, 11) is 3.53. The lowest BCUT2D eigenvalue weighted by Crippen LogP contribution is -2.36. The van der Waals surface area contributed by atoms with Crippen LogP contribution in [0.4, 0.5) is 0 Å². The number of amides is 2. The van der Waals surface area contributed by atoms with E-state index in [0.717, 1.165) is 11.3 Å². The molecule has 0 spiro atoms. The van der Waals surface area contributed by atoms with Crippen LogP contribution in [0.1, 0.15) is 24.9 Å². The van der Waals surface area contributed by atoms with Crippen molar-refractivity contribution in [2.75, 3.05) is 20.6 Å². The summed E-state index contributed by atoms with van der Waals surface area (Å²) in [6.07, 6.45) is 3.43. The first-order chi connectivity index (χ1) is 11.5. The van der Waals surface area contributed by atoms with Gasteiger partial charge >= 0.3 is 0 Å². The molecule has 0 N–H and O–H groups in total. The summed E-state index contributed by atoms with van der Waals surface area (Å²) in [6.45, 7) is 2.49. The van der Waals surface area contributed by atoms with Crippen molar-refractivity contribution in [1.29, 1.82) is 0 Å². The third-order valence-corrected chi connectivity index (χ3v) is 4.68. The molecule has 1 aromatic carbocycles. The predicted molar refractivity (Wildman–Crippen MR) is 88.3 cm³/mol. The van der Waals surface area contributed by atoms with Gasteiger partial charge in [0.2, 0.25) is 11.8 Å². The lowest BCUT2D eigenvalue weighted by molar-refractivity contribution is -0.136. The second kappa shape index (κ2) is 6.43. The lowest BCUT2D eigenvalue weighted by atomic mass is 10.0. The molecule has 1 aliphatic heterocycles. The molecule has 0 radical (unpaired) electrons. The molecule has 1 aliphatic rings. The number of nitrogens with zero attached hydrogens (tertiary/aromatic N) is 5. The quantitative estimate of drug-likeness (QED) is 0.848. The number of benzene rings is 1. The van der Waals surface area contributed by atoms with Crippen LogP contribution >= 0.6 is 0 Å². The molecule has 0 saturated carbocycles. The predicted octanol–water partition coefficient (Wildman–Crippen LogP) is 1.26. The van der Waals surface area contributed by atoms with Crippen LogP contribution in [-0.2, 0) is 9.59 Å². The fourth-order valence-corrected chi connectivity index (χ4v) is 2.98. The smallest absolute Gasteiger partial charge is 0.228 e. The monoisotopic (exact) mass is 327 g/mol. The number of carbonyl (C=O) groups excluding carboxylic acids is 2. The van der Waals surface area contributed by atoms with Crippen molar-refractivity contribution >= 4 is 11.8 Å². The van der Waals surface area contributed by atoms with E-state index in [1.807, 2.05) is 31.2 Å². The molecule has 3 rings (SSSR count). The number of hydrogen-bond donors (Lipinski definition) is 0. The molecule has 7 nitrogen and oxygen atoms in total. The van der Waals surface area contributed by atoms with Crippen molar-refractivity contribution in [2.24, 2.45) is 5.92 Å². The van der Waals surface area contributed by atoms with Gasteiger partial charge in [0, 0.05) is 27.1 Å². The van der Waals surface area contributed by atoms with Gasteiger partial charge in [-0.2, -0.15) is 5.10 Å². The number of likely N-dealkylation sites (tertiary alicyclic amines) is 1. The third kappa shape index (κ3) is 3.02. The summed E-state index contributed by atoms with van der Waals surface area (Å²) in [4.78, 5) is 31.5. The number of aromatic nitrogens is 3. The molecule has 2 atom stereocenters. The van der Waals surface area contributed by atoms with E-state index in [-0.39, 0.29) is 23.8 Å². The Bertz CT molecular complexity index is 726. The highest BCUT2D eigenvalue weighted by Crippen LogP contribution is 2.25. The summed E-state index contributed by atoms with van der Waals surface area (Å²) in [5.74, 6) is -0.198. The van der Waals surface area contributed by atoms with Crippen LogP contribution in [-0.4, -0.2) is 57.0 Å². The van der Waals surface area contributed by atoms with Gasteiger partial charge in [0.1, 0.15) is 12.7 Å². The molecular formula is C17H21N5O2. The van der Waals surface area contributed by atoms with Crippen LogP contribution in [0.2, 0.25) is 0 Å². The van der Waals surface area contributed by atoms with E-state index in [9.17, 15) is 9.59 Å². The molecule has 2 aromatic rings. The molecule has 0 aliphatic carbocycles. The maximum Gasteiger partial charge on any atom is 0.228 e. The molecule has 7 heteroatoms. The zero-order valence-electron chi connectivity index (χ0n) is 14.1. The first-order valence-electron chi connectivity index (χ1n) is 7.93. The van der Waals surface area contributed by atoms with Gasteiger partial charge in [-0.05, 0) is 24.6 Å². The molecule has 0 bridgehead atoms. The van der Waals surface area contributed by atoms with Crippen LogP contribution in [0.25, 0.3) is 5.69 Å². The van der Waals surface area contributed by atoms with Crippen LogP contribution in [0.3, 0.4) is 0 Å². The van der Waals surface area contributed by atoms with Gasteiger partial charge in [0.15, 0.2) is 0 Å². The van der Waals surface area contributed by atoms with Crippen molar-refractivity contribution in [3.63, 3.8) is 0 Å². The molecule has 24 heavy (non-hydrogen) atoms. The topological polar surface area (TPSA) is 71.3 Å². The minimum atomic E-state index is -0.246. The Balaban J connectivity index is 1.70. The summed E-state index contributed by atoms with van der Waals surface area (Å²) < 4.78 is 1.68. The molecule has 126 valence electrons. The standard InChI is InChI=1S/C17H21N5O2/c1-12(21(3)17(24)14-8-16(23)20(2)9-14)13-4-6-15(7-5-13)22-11-18-10-19-22/h4-7,10-12,14H,8-9H2,1-3H3. The molecule has 2 heterocycles. The van der Waals surface area contributed by atoms with E-state index < -0.39 is 0 Å². The number of rotatable bonds is 4. The molecular weight excluding hydrogens is 306 g/mol. The van der Waals surface area contributed by atoms with Crippen molar-refractivity contribution in [3.05, 3.63) is 42.5 Å². The Morgan fingerprint density at radius 2 is 2.04 bits per heavy atom. The number of carbonyl (C=O) groups is 2. The number of hydrogen-bond acceptors (Lipinski definition) is 4.